The van der Waals surface area contributed by atoms with Crippen LogP contribution in [0.5, 0.6) is 0 Å². The molecule has 0 unspecified atom stereocenters. The van der Waals surface area contributed by atoms with Crippen LogP contribution >= 0.6 is 18.9 Å². The van der Waals surface area contributed by atoms with Crippen molar-refractivity contribution in [2.45, 2.75) is 46.8 Å². The first kappa shape index (κ1) is 23.6. The number of hydrogen-bond donors (Lipinski definition) is 0. The molecule has 0 fully saturated rings. The second kappa shape index (κ2) is 6.72. The van der Waals surface area contributed by atoms with E-state index in [0.29, 0.717) is 0 Å². The maximum atomic E-state index is 13.0. The normalized spacial score (nSPS) is 15.6. The maximum Gasteiger partial charge on any atom is 0.464 e. The summed E-state index contributed by atoms with van der Waals surface area (Å²) in [4.78, 5) is 0. The van der Waals surface area contributed by atoms with Gasteiger partial charge in [-0.2, -0.15) is 57.1 Å². The largest absolute Gasteiger partial charge is 0.464 e. The van der Waals surface area contributed by atoms with Crippen molar-refractivity contribution in [1.82, 2.24) is 0 Å². The van der Waals surface area contributed by atoms with E-state index in [1.54, 1.807) is 0 Å². The lowest BCUT2D eigenvalue weighted by Crippen LogP contribution is -2.70. The van der Waals surface area contributed by atoms with E-state index in [4.69, 9.17) is 0 Å². The van der Waals surface area contributed by atoms with Gasteiger partial charge in [0.05, 0.1) is 0 Å². The second-order valence-electron chi connectivity index (χ2n) is 4.29. The van der Waals surface area contributed by atoms with Gasteiger partial charge in [-0.3, -0.25) is 0 Å². The molecule has 0 spiro atoms. The molecular formula is C8H4F13IMg. The first-order chi connectivity index (χ1) is 9.81. The Morgan fingerprint density at radius 3 is 1.22 bits per heavy atom. The van der Waals surface area contributed by atoms with Gasteiger partial charge in [0.25, 0.3) is 0 Å². The van der Waals surface area contributed by atoms with Crippen LogP contribution in [0.4, 0.5) is 57.1 Å². The summed E-state index contributed by atoms with van der Waals surface area (Å²) in [6.45, 7) is 0. The number of rotatable bonds is 7. The molecule has 0 nitrogen and oxygen atoms in total. The molecule has 0 aliphatic rings. The third-order valence-corrected chi connectivity index (χ3v) is 5.53. The number of hydrogen-bond acceptors (Lipinski definition) is 0. The number of alkyl halides is 13. The topological polar surface area (TPSA) is 0 Å². The molecule has 0 rings (SSSR count). The lowest BCUT2D eigenvalue weighted by Gasteiger charge is -2.39. The second-order valence-corrected chi connectivity index (χ2v) is 8.61. The first-order valence-corrected chi connectivity index (χ1v) is 11.4. The van der Waals surface area contributed by atoms with Gasteiger partial charge in [0.1, 0.15) is 0 Å². The van der Waals surface area contributed by atoms with Crippen LogP contribution in [0.1, 0.15) is 6.42 Å². The summed E-state index contributed by atoms with van der Waals surface area (Å²) in [5.41, 5.74) is 0. The fraction of sp³-hybridized carbons (Fsp3) is 1.00. The smallest absolute Gasteiger partial charge is 0.301 e. The van der Waals surface area contributed by atoms with E-state index >= 15 is 0 Å². The molecule has 0 radical (unpaired) electrons. The van der Waals surface area contributed by atoms with Gasteiger partial charge in [-0.25, -0.2) is 0 Å². The van der Waals surface area contributed by atoms with Gasteiger partial charge in [0, 0.05) is 0 Å². The molecule has 0 heterocycles. The standard InChI is InChI=1S/C8H4F13.HI.Mg/c1-2-3(9,10)4(11,12)5(13,14)6(15,16)7(17,18)8(19,20)21;;/h1-2H2;1H;/q;;+1/p-1. The van der Waals surface area contributed by atoms with Gasteiger partial charge >= 0.3 is 52.3 Å². The summed E-state index contributed by atoms with van der Waals surface area (Å²) in [6.07, 6.45) is -9.42. The van der Waals surface area contributed by atoms with Crippen molar-refractivity contribution in [3.05, 3.63) is 0 Å². The van der Waals surface area contributed by atoms with Crippen molar-refractivity contribution < 1.29 is 57.1 Å². The lowest BCUT2D eigenvalue weighted by atomic mass is 9.93. The summed E-state index contributed by atoms with van der Waals surface area (Å²) in [5.74, 6) is -36.1. The summed E-state index contributed by atoms with van der Waals surface area (Å²) in [6, 6.07) is 0. The van der Waals surface area contributed by atoms with Crippen LogP contribution in [0.3, 0.4) is 0 Å². The molecule has 0 atom stereocenters. The van der Waals surface area contributed by atoms with E-state index in [9.17, 15) is 57.1 Å². The average Bonchev–Trinajstić information content (AvgIpc) is 2.34. The zero-order valence-electron chi connectivity index (χ0n) is 10.4. The fourth-order valence-corrected chi connectivity index (χ4v) is 2.97. The molecule has 0 aliphatic carbocycles. The predicted octanol–water partition coefficient (Wildman–Crippen LogP) is 5.59. The number of halogens is 14. The van der Waals surface area contributed by atoms with E-state index < -0.39 is 63.2 Å². The van der Waals surface area contributed by atoms with Crippen molar-refractivity contribution in [2.24, 2.45) is 0 Å². The molecular weight excluding hydrogens is 494 g/mol. The van der Waals surface area contributed by atoms with Crippen molar-refractivity contribution in [3.63, 3.8) is 0 Å². The first-order valence-electron chi connectivity index (χ1n) is 5.33. The highest BCUT2D eigenvalue weighted by Crippen LogP contribution is 2.60. The van der Waals surface area contributed by atoms with Crippen molar-refractivity contribution in [2.75, 3.05) is 0 Å². The lowest BCUT2D eigenvalue weighted by molar-refractivity contribution is -0.439. The molecule has 0 aromatic heterocycles. The summed E-state index contributed by atoms with van der Waals surface area (Å²) >= 11 is 0.0169. The van der Waals surface area contributed by atoms with E-state index in [-0.39, 0.29) is 0 Å². The Morgan fingerprint density at radius 1 is 0.565 bits per heavy atom. The zero-order valence-corrected chi connectivity index (χ0v) is 14.0. The SMILES string of the molecule is FC(F)(F)C(F)(F)C(F)(F)C(F)(F)C(F)(F)C(F)(F)C[CH2][Mg][I]. The third kappa shape index (κ3) is 3.74. The molecule has 0 amide bonds. The Hall–Kier alpha value is 0.586. The van der Waals surface area contributed by atoms with Crippen LogP contribution in [-0.2, 0) is 0 Å². The van der Waals surface area contributed by atoms with Crippen LogP contribution in [0, 0.1) is 0 Å². The highest BCUT2D eigenvalue weighted by molar-refractivity contribution is 14.1. The minimum absolute atomic E-state index is 0.763. The molecule has 0 saturated heterocycles. The van der Waals surface area contributed by atoms with E-state index in [1.165, 1.54) is 18.9 Å². The van der Waals surface area contributed by atoms with Gasteiger partial charge in [-0.15, -0.1) is 4.55 Å². The van der Waals surface area contributed by atoms with Crippen molar-refractivity contribution in [1.29, 1.82) is 0 Å². The molecule has 23 heavy (non-hydrogen) atoms. The Labute approximate surface area is 139 Å². The molecule has 0 saturated carbocycles. The molecule has 15 heteroatoms. The Morgan fingerprint density at radius 2 is 0.913 bits per heavy atom. The monoisotopic (exact) mass is 498 g/mol. The van der Waals surface area contributed by atoms with E-state index in [0.717, 1.165) is 0 Å². The summed E-state index contributed by atoms with van der Waals surface area (Å²) in [7, 11) is 0. The third-order valence-electron chi connectivity index (χ3n) is 2.62. The fourth-order valence-electron chi connectivity index (χ4n) is 1.25. The molecule has 0 aromatic carbocycles. The summed E-state index contributed by atoms with van der Waals surface area (Å²) in [5, 5.41) is 0. The molecule has 0 bridgehead atoms. The minimum Gasteiger partial charge on any atom is -0.301 e. The van der Waals surface area contributed by atoms with Crippen LogP contribution < -0.4 is 0 Å². The van der Waals surface area contributed by atoms with Gasteiger partial charge in [0.15, 0.2) is 0 Å². The minimum atomic E-state index is -7.80. The van der Waals surface area contributed by atoms with Gasteiger partial charge in [0.2, 0.25) is 0 Å². The van der Waals surface area contributed by atoms with Crippen molar-refractivity contribution >= 4 is 35.3 Å². The average molecular weight is 498 g/mol. The quantitative estimate of drug-likeness (QED) is 0.244. The van der Waals surface area contributed by atoms with E-state index in [1.807, 2.05) is 0 Å². The van der Waals surface area contributed by atoms with Crippen LogP contribution in [-0.4, -0.2) is 52.3 Å². The summed E-state index contributed by atoms with van der Waals surface area (Å²) < 4.78 is 163. The maximum absolute atomic E-state index is 13.0. The predicted molar refractivity (Wildman–Crippen MR) is 60.0 cm³/mol. The van der Waals surface area contributed by atoms with Crippen LogP contribution in [0.15, 0.2) is 0 Å². The highest BCUT2D eigenvalue weighted by atomic mass is 127. The van der Waals surface area contributed by atoms with E-state index in [2.05, 4.69) is 0 Å². The Kier molecular flexibility index (Phi) is 6.89. The highest BCUT2D eigenvalue weighted by Gasteiger charge is 2.90. The van der Waals surface area contributed by atoms with Crippen LogP contribution in [0.2, 0.25) is 4.55 Å². The molecule has 0 N–H and O–H groups in total. The van der Waals surface area contributed by atoms with Gasteiger partial charge in [-0.1, -0.05) is 0 Å². The Balaban J connectivity index is 6.03. The molecule has 0 aromatic rings. The Bertz CT molecular complexity index is 415. The molecule has 136 valence electrons. The molecule has 0 aliphatic heterocycles. The zero-order chi connectivity index (χ0) is 19.1. The van der Waals surface area contributed by atoms with Crippen molar-refractivity contribution in [3.8, 4) is 0 Å². The van der Waals surface area contributed by atoms with Gasteiger partial charge < -0.3 is 18.9 Å². The van der Waals surface area contributed by atoms with Gasteiger partial charge in [-0.05, 0) is 6.42 Å². The van der Waals surface area contributed by atoms with Crippen LogP contribution in [0.25, 0.3) is 0 Å².